The Balaban J connectivity index is 2.30. The highest BCUT2D eigenvalue weighted by Gasteiger charge is 2.13. The van der Waals surface area contributed by atoms with Gasteiger partial charge in [0.2, 0.25) is 0 Å². The fraction of sp³-hybridized carbons (Fsp3) is 0.0909. The number of para-hydroxylation sites is 1. The molecule has 0 aliphatic rings. The zero-order valence-corrected chi connectivity index (χ0v) is 10.5. The van der Waals surface area contributed by atoms with Crippen molar-refractivity contribution in [2.45, 2.75) is 0 Å². The molecule has 1 aromatic heterocycles. The number of imidazole rings is 1. The molecule has 5 nitrogen and oxygen atoms in total. The Morgan fingerprint density at radius 3 is 2.76 bits per heavy atom. The predicted molar refractivity (Wildman–Crippen MR) is 64.4 cm³/mol. The first kappa shape index (κ1) is 11.7. The lowest BCUT2D eigenvalue weighted by molar-refractivity contribution is 0.0690. The molecule has 0 saturated carbocycles. The zero-order valence-electron chi connectivity index (χ0n) is 8.92. The summed E-state index contributed by atoms with van der Waals surface area (Å²) in [6.45, 7) is 0. The maximum atomic E-state index is 10.7. The maximum absolute atomic E-state index is 10.7. The van der Waals surface area contributed by atoms with Crippen molar-refractivity contribution in [3.05, 3.63) is 40.6 Å². The van der Waals surface area contributed by atoms with Crippen molar-refractivity contribution in [1.29, 1.82) is 0 Å². The Kier molecular flexibility index (Phi) is 3.14. The number of hydrogen-bond donors (Lipinski definition) is 1. The third-order valence-electron chi connectivity index (χ3n) is 2.09. The minimum Gasteiger partial charge on any atom is -0.476 e. The van der Waals surface area contributed by atoms with Crippen LogP contribution in [0.3, 0.4) is 0 Å². The van der Waals surface area contributed by atoms with E-state index in [-0.39, 0.29) is 11.7 Å². The summed E-state index contributed by atoms with van der Waals surface area (Å²) in [5, 5.41) is 8.80. The number of carboxylic acids is 1. The first-order valence-electron chi connectivity index (χ1n) is 4.77. The van der Waals surface area contributed by atoms with E-state index in [4.69, 9.17) is 9.84 Å². The van der Waals surface area contributed by atoms with Gasteiger partial charge in [0.15, 0.2) is 5.69 Å². The molecular weight excluding hydrogens is 288 g/mol. The van der Waals surface area contributed by atoms with Crippen molar-refractivity contribution in [3.63, 3.8) is 0 Å². The fourth-order valence-electron chi connectivity index (χ4n) is 1.27. The molecule has 0 atom stereocenters. The summed E-state index contributed by atoms with van der Waals surface area (Å²) in [4.78, 5) is 14.6. The van der Waals surface area contributed by atoms with E-state index in [0.29, 0.717) is 5.75 Å². The SMILES string of the molecule is Cn1cc(C(=O)O)nc1Oc1ccccc1Br. The van der Waals surface area contributed by atoms with Crippen LogP contribution in [0.4, 0.5) is 0 Å². The summed E-state index contributed by atoms with van der Waals surface area (Å²) < 4.78 is 7.81. The van der Waals surface area contributed by atoms with Gasteiger partial charge in [-0.05, 0) is 28.1 Å². The molecule has 0 fully saturated rings. The van der Waals surface area contributed by atoms with Crippen molar-refractivity contribution in [1.82, 2.24) is 9.55 Å². The molecule has 0 spiro atoms. The number of carboxylic acid groups (broad SMARTS) is 1. The van der Waals surface area contributed by atoms with Gasteiger partial charge in [-0.15, -0.1) is 0 Å². The molecule has 17 heavy (non-hydrogen) atoms. The second-order valence-electron chi connectivity index (χ2n) is 3.36. The summed E-state index contributed by atoms with van der Waals surface area (Å²) in [6.07, 6.45) is 1.40. The van der Waals surface area contributed by atoms with Crippen LogP contribution < -0.4 is 4.74 Å². The van der Waals surface area contributed by atoms with E-state index in [0.717, 1.165) is 4.47 Å². The Hall–Kier alpha value is -1.82. The summed E-state index contributed by atoms with van der Waals surface area (Å²) in [6, 6.07) is 7.50. The van der Waals surface area contributed by atoms with Gasteiger partial charge in [0.25, 0.3) is 0 Å². The van der Waals surface area contributed by atoms with E-state index >= 15 is 0 Å². The molecule has 0 aliphatic carbocycles. The molecule has 1 heterocycles. The first-order chi connectivity index (χ1) is 8.08. The highest BCUT2D eigenvalue weighted by Crippen LogP contribution is 2.28. The van der Waals surface area contributed by atoms with Crippen LogP contribution in [0.5, 0.6) is 11.8 Å². The predicted octanol–water partition coefficient (Wildman–Crippen LogP) is 2.67. The topological polar surface area (TPSA) is 64.4 Å². The quantitative estimate of drug-likeness (QED) is 0.946. The average molecular weight is 297 g/mol. The van der Waals surface area contributed by atoms with Crippen molar-refractivity contribution in [3.8, 4) is 11.8 Å². The minimum atomic E-state index is -1.08. The van der Waals surface area contributed by atoms with Gasteiger partial charge in [-0.3, -0.25) is 0 Å². The van der Waals surface area contributed by atoms with E-state index in [1.807, 2.05) is 18.2 Å². The third-order valence-corrected chi connectivity index (χ3v) is 2.75. The van der Waals surface area contributed by atoms with Gasteiger partial charge < -0.3 is 14.4 Å². The van der Waals surface area contributed by atoms with Gasteiger partial charge in [-0.1, -0.05) is 12.1 Å². The second kappa shape index (κ2) is 4.58. The van der Waals surface area contributed by atoms with Crippen LogP contribution in [0.1, 0.15) is 10.5 Å². The summed E-state index contributed by atoms with van der Waals surface area (Å²) in [7, 11) is 1.67. The number of nitrogens with zero attached hydrogens (tertiary/aromatic N) is 2. The van der Waals surface area contributed by atoms with Crippen molar-refractivity contribution < 1.29 is 14.6 Å². The molecule has 2 aromatic rings. The molecular formula is C11H9BrN2O3. The molecule has 0 aliphatic heterocycles. The molecule has 6 heteroatoms. The van der Waals surface area contributed by atoms with Gasteiger partial charge in [0.1, 0.15) is 5.75 Å². The van der Waals surface area contributed by atoms with Crippen LogP contribution in [0.2, 0.25) is 0 Å². The van der Waals surface area contributed by atoms with Gasteiger partial charge in [-0.2, -0.15) is 4.98 Å². The van der Waals surface area contributed by atoms with Crippen molar-refractivity contribution >= 4 is 21.9 Å². The van der Waals surface area contributed by atoms with Crippen LogP contribution in [0.15, 0.2) is 34.9 Å². The van der Waals surface area contributed by atoms with E-state index in [1.165, 1.54) is 10.8 Å². The second-order valence-corrected chi connectivity index (χ2v) is 4.21. The number of halogens is 1. The van der Waals surface area contributed by atoms with Crippen LogP contribution in [-0.2, 0) is 7.05 Å². The lowest BCUT2D eigenvalue weighted by atomic mass is 10.3. The Morgan fingerprint density at radius 2 is 2.18 bits per heavy atom. The highest BCUT2D eigenvalue weighted by atomic mass is 79.9. The monoisotopic (exact) mass is 296 g/mol. The number of aromatic nitrogens is 2. The molecule has 1 N–H and O–H groups in total. The third kappa shape index (κ3) is 2.47. The number of benzene rings is 1. The Bertz CT molecular complexity index is 566. The molecule has 0 bridgehead atoms. The Morgan fingerprint density at radius 1 is 1.47 bits per heavy atom. The summed E-state index contributed by atoms with van der Waals surface area (Å²) >= 11 is 3.34. The maximum Gasteiger partial charge on any atom is 0.356 e. The molecule has 2 rings (SSSR count). The van der Waals surface area contributed by atoms with Gasteiger partial charge in [0.05, 0.1) is 4.47 Å². The zero-order chi connectivity index (χ0) is 12.4. The van der Waals surface area contributed by atoms with E-state index in [2.05, 4.69) is 20.9 Å². The lowest BCUT2D eigenvalue weighted by Gasteiger charge is -2.05. The molecule has 0 amide bonds. The van der Waals surface area contributed by atoms with E-state index in [1.54, 1.807) is 13.1 Å². The van der Waals surface area contributed by atoms with Crippen LogP contribution in [0, 0.1) is 0 Å². The number of aromatic carboxylic acids is 1. The first-order valence-corrected chi connectivity index (χ1v) is 5.56. The van der Waals surface area contributed by atoms with Crippen molar-refractivity contribution in [2.24, 2.45) is 7.05 Å². The number of aryl methyl sites for hydroxylation is 1. The number of carbonyl (C=O) groups is 1. The fourth-order valence-corrected chi connectivity index (χ4v) is 1.64. The Labute approximate surface area is 106 Å². The minimum absolute atomic E-state index is 0.0467. The molecule has 0 saturated heterocycles. The number of ether oxygens (including phenoxy) is 1. The standard InChI is InChI=1S/C11H9BrN2O3/c1-14-6-8(10(15)16)13-11(14)17-9-5-3-2-4-7(9)12/h2-6H,1H3,(H,15,16). The van der Waals surface area contributed by atoms with Crippen LogP contribution in [0.25, 0.3) is 0 Å². The number of rotatable bonds is 3. The van der Waals surface area contributed by atoms with E-state index in [9.17, 15) is 4.79 Å². The highest BCUT2D eigenvalue weighted by molar-refractivity contribution is 9.10. The average Bonchev–Trinajstić information content (AvgIpc) is 2.64. The summed E-state index contributed by atoms with van der Waals surface area (Å²) in [5.74, 6) is -0.499. The largest absolute Gasteiger partial charge is 0.476 e. The van der Waals surface area contributed by atoms with Gasteiger partial charge in [0, 0.05) is 13.2 Å². The molecule has 88 valence electrons. The van der Waals surface area contributed by atoms with Gasteiger partial charge in [-0.25, -0.2) is 4.79 Å². The van der Waals surface area contributed by atoms with E-state index < -0.39 is 5.97 Å². The molecule has 1 aromatic carbocycles. The lowest BCUT2D eigenvalue weighted by Crippen LogP contribution is -1.95. The number of hydrogen-bond acceptors (Lipinski definition) is 3. The normalized spacial score (nSPS) is 10.2. The molecule has 0 unspecified atom stereocenters. The van der Waals surface area contributed by atoms with Crippen molar-refractivity contribution in [2.75, 3.05) is 0 Å². The molecule has 0 radical (unpaired) electrons. The van der Waals surface area contributed by atoms with Gasteiger partial charge >= 0.3 is 12.0 Å². The summed E-state index contributed by atoms with van der Waals surface area (Å²) in [5.41, 5.74) is -0.0467. The van der Waals surface area contributed by atoms with Crippen LogP contribution >= 0.6 is 15.9 Å². The van der Waals surface area contributed by atoms with Crippen LogP contribution in [-0.4, -0.2) is 20.6 Å². The smallest absolute Gasteiger partial charge is 0.356 e.